The van der Waals surface area contributed by atoms with E-state index in [4.69, 9.17) is 0 Å². The van der Waals surface area contributed by atoms with Crippen LogP contribution in [0.5, 0.6) is 11.5 Å². The van der Waals surface area contributed by atoms with Crippen molar-refractivity contribution in [2.45, 2.75) is 19.9 Å². The van der Waals surface area contributed by atoms with Crippen LogP contribution >= 0.6 is 0 Å². The first-order valence-electron chi connectivity index (χ1n) is 5.91. The monoisotopic (exact) mass is 243 g/mol. The smallest absolute Gasteiger partial charge is 0.124 e. The van der Waals surface area contributed by atoms with E-state index in [2.05, 4.69) is 5.32 Å². The topological polar surface area (TPSA) is 52.5 Å². The zero-order chi connectivity index (χ0) is 13.1. The van der Waals surface area contributed by atoms with E-state index in [1.165, 1.54) is 11.6 Å². The molecule has 0 bridgehead atoms. The van der Waals surface area contributed by atoms with Crippen LogP contribution in [-0.2, 0) is 0 Å². The lowest BCUT2D eigenvalue weighted by atomic mass is 10.1. The molecule has 0 fully saturated rings. The van der Waals surface area contributed by atoms with Gasteiger partial charge in [0.2, 0.25) is 0 Å². The fourth-order valence-electron chi connectivity index (χ4n) is 1.88. The summed E-state index contributed by atoms with van der Waals surface area (Å²) in [5, 5.41) is 22.3. The standard InChI is InChI=1S/C15H17NO2/c1-10-3-5-12(6-4-10)16-11(2)14-8-7-13(17)9-15(14)18/h3-9,11,16-18H,1-2H3. The predicted molar refractivity (Wildman–Crippen MR) is 73.0 cm³/mol. The van der Waals surface area contributed by atoms with Crippen molar-refractivity contribution >= 4 is 5.69 Å². The van der Waals surface area contributed by atoms with Gasteiger partial charge in [-0.2, -0.15) is 0 Å². The second-order valence-corrected chi connectivity index (χ2v) is 4.48. The number of benzene rings is 2. The summed E-state index contributed by atoms with van der Waals surface area (Å²) in [4.78, 5) is 0. The molecule has 2 aromatic rings. The first-order valence-corrected chi connectivity index (χ1v) is 5.91. The molecule has 0 radical (unpaired) electrons. The zero-order valence-electron chi connectivity index (χ0n) is 10.5. The maximum atomic E-state index is 9.78. The van der Waals surface area contributed by atoms with E-state index >= 15 is 0 Å². The summed E-state index contributed by atoms with van der Waals surface area (Å²) in [6.07, 6.45) is 0. The number of aromatic hydroxyl groups is 2. The van der Waals surface area contributed by atoms with Crippen LogP contribution in [0.3, 0.4) is 0 Å². The summed E-state index contributed by atoms with van der Waals surface area (Å²) >= 11 is 0. The minimum Gasteiger partial charge on any atom is -0.508 e. The van der Waals surface area contributed by atoms with Gasteiger partial charge < -0.3 is 15.5 Å². The molecule has 3 nitrogen and oxygen atoms in total. The summed E-state index contributed by atoms with van der Waals surface area (Å²) in [7, 11) is 0. The first kappa shape index (κ1) is 12.3. The number of aryl methyl sites for hydroxylation is 1. The van der Waals surface area contributed by atoms with E-state index in [0.717, 1.165) is 11.3 Å². The molecule has 0 aliphatic carbocycles. The van der Waals surface area contributed by atoms with Gasteiger partial charge in [0.05, 0.1) is 6.04 Å². The molecule has 0 aliphatic rings. The van der Waals surface area contributed by atoms with Crippen molar-refractivity contribution in [2.24, 2.45) is 0 Å². The summed E-state index contributed by atoms with van der Waals surface area (Å²) in [5.41, 5.74) is 2.97. The highest BCUT2D eigenvalue weighted by Gasteiger charge is 2.10. The molecule has 0 spiro atoms. The Morgan fingerprint density at radius 1 is 1.00 bits per heavy atom. The largest absolute Gasteiger partial charge is 0.508 e. The van der Waals surface area contributed by atoms with Crippen molar-refractivity contribution in [1.29, 1.82) is 0 Å². The lowest BCUT2D eigenvalue weighted by molar-refractivity contribution is 0.444. The van der Waals surface area contributed by atoms with Crippen molar-refractivity contribution in [2.75, 3.05) is 5.32 Å². The van der Waals surface area contributed by atoms with Crippen LogP contribution in [0, 0.1) is 6.92 Å². The normalized spacial score (nSPS) is 12.1. The fourth-order valence-corrected chi connectivity index (χ4v) is 1.88. The lowest BCUT2D eigenvalue weighted by Crippen LogP contribution is -2.06. The third-order valence-electron chi connectivity index (χ3n) is 2.92. The Bertz CT molecular complexity index is 535. The maximum Gasteiger partial charge on any atom is 0.124 e. The molecule has 0 amide bonds. The van der Waals surface area contributed by atoms with Crippen LogP contribution in [-0.4, -0.2) is 10.2 Å². The number of anilines is 1. The number of rotatable bonds is 3. The molecule has 1 unspecified atom stereocenters. The van der Waals surface area contributed by atoms with E-state index in [0.29, 0.717) is 0 Å². The Hall–Kier alpha value is -2.16. The minimum atomic E-state index is -0.0340. The van der Waals surface area contributed by atoms with Gasteiger partial charge >= 0.3 is 0 Å². The number of nitrogens with one attached hydrogen (secondary N) is 1. The van der Waals surface area contributed by atoms with E-state index < -0.39 is 0 Å². The van der Waals surface area contributed by atoms with Crippen LogP contribution in [0.15, 0.2) is 42.5 Å². The molecular weight excluding hydrogens is 226 g/mol. The van der Waals surface area contributed by atoms with Crippen LogP contribution in [0.1, 0.15) is 24.1 Å². The maximum absolute atomic E-state index is 9.78. The van der Waals surface area contributed by atoms with Gasteiger partial charge in [-0.05, 0) is 38.1 Å². The van der Waals surface area contributed by atoms with Crippen molar-refractivity contribution in [3.63, 3.8) is 0 Å². The molecule has 18 heavy (non-hydrogen) atoms. The number of phenols is 2. The van der Waals surface area contributed by atoms with Gasteiger partial charge in [0.15, 0.2) is 0 Å². The predicted octanol–water partition coefficient (Wildman–Crippen LogP) is 3.58. The van der Waals surface area contributed by atoms with Crippen molar-refractivity contribution in [3.8, 4) is 11.5 Å². The molecule has 0 saturated heterocycles. The Morgan fingerprint density at radius 2 is 1.67 bits per heavy atom. The summed E-state index contributed by atoms with van der Waals surface area (Å²) < 4.78 is 0. The molecule has 94 valence electrons. The van der Waals surface area contributed by atoms with Gasteiger partial charge in [-0.25, -0.2) is 0 Å². The fraction of sp³-hybridized carbons (Fsp3) is 0.200. The summed E-state index contributed by atoms with van der Waals surface area (Å²) in [6.45, 7) is 4.00. The van der Waals surface area contributed by atoms with Crippen molar-refractivity contribution < 1.29 is 10.2 Å². The second-order valence-electron chi connectivity index (χ2n) is 4.48. The highest BCUT2D eigenvalue weighted by molar-refractivity contribution is 5.49. The number of hydrogen-bond acceptors (Lipinski definition) is 3. The van der Waals surface area contributed by atoms with Gasteiger partial charge in [0.25, 0.3) is 0 Å². The van der Waals surface area contributed by atoms with Crippen molar-refractivity contribution in [3.05, 3.63) is 53.6 Å². The average molecular weight is 243 g/mol. The van der Waals surface area contributed by atoms with E-state index in [-0.39, 0.29) is 17.5 Å². The average Bonchev–Trinajstić information content (AvgIpc) is 2.32. The van der Waals surface area contributed by atoms with Crippen LogP contribution in [0.4, 0.5) is 5.69 Å². The van der Waals surface area contributed by atoms with Gasteiger partial charge in [0, 0.05) is 17.3 Å². The summed E-state index contributed by atoms with van der Waals surface area (Å²) in [5.74, 6) is 0.167. The lowest BCUT2D eigenvalue weighted by Gasteiger charge is -2.17. The molecule has 0 heterocycles. The Kier molecular flexibility index (Phi) is 3.42. The van der Waals surface area contributed by atoms with Gasteiger partial charge in [-0.15, -0.1) is 0 Å². The van der Waals surface area contributed by atoms with Gasteiger partial charge in [-0.1, -0.05) is 17.7 Å². The molecular formula is C15H17NO2. The van der Waals surface area contributed by atoms with Crippen molar-refractivity contribution in [1.82, 2.24) is 0 Å². The molecule has 0 saturated carbocycles. The minimum absolute atomic E-state index is 0.0340. The van der Waals surface area contributed by atoms with Gasteiger partial charge in [-0.3, -0.25) is 0 Å². The summed E-state index contributed by atoms with van der Waals surface area (Å²) in [6, 6.07) is 12.7. The molecule has 3 heteroatoms. The van der Waals surface area contributed by atoms with Crippen LogP contribution in [0.2, 0.25) is 0 Å². The molecule has 0 aromatic heterocycles. The van der Waals surface area contributed by atoms with Crippen LogP contribution in [0.25, 0.3) is 0 Å². The first-order chi connectivity index (χ1) is 8.56. The number of phenolic OH excluding ortho intramolecular Hbond substituents is 2. The molecule has 0 aliphatic heterocycles. The van der Waals surface area contributed by atoms with E-state index in [1.807, 2.05) is 38.1 Å². The van der Waals surface area contributed by atoms with Gasteiger partial charge in [0.1, 0.15) is 11.5 Å². The highest BCUT2D eigenvalue weighted by Crippen LogP contribution is 2.29. The van der Waals surface area contributed by atoms with E-state index in [9.17, 15) is 10.2 Å². The Morgan fingerprint density at radius 3 is 2.28 bits per heavy atom. The highest BCUT2D eigenvalue weighted by atomic mass is 16.3. The zero-order valence-corrected chi connectivity index (χ0v) is 10.5. The number of hydrogen-bond donors (Lipinski definition) is 3. The molecule has 2 rings (SSSR count). The third kappa shape index (κ3) is 2.74. The Labute approximate surface area is 107 Å². The van der Waals surface area contributed by atoms with E-state index in [1.54, 1.807) is 12.1 Å². The quantitative estimate of drug-likeness (QED) is 0.772. The third-order valence-corrected chi connectivity index (χ3v) is 2.92. The second kappa shape index (κ2) is 5.00. The molecule has 3 N–H and O–H groups in total. The van der Waals surface area contributed by atoms with Crippen LogP contribution < -0.4 is 5.32 Å². The Balaban J connectivity index is 2.16. The molecule has 1 atom stereocenters. The molecule has 2 aromatic carbocycles. The SMILES string of the molecule is Cc1ccc(NC(C)c2ccc(O)cc2O)cc1.